The van der Waals surface area contributed by atoms with Crippen LogP contribution in [0.5, 0.6) is 0 Å². The molecule has 0 spiro atoms. The molecule has 178 valence electrons. The number of hydrogen-bond donors (Lipinski definition) is 0. The molecule has 0 fully saturated rings. The minimum atomic E-state index is 0.645. The fraction of sp³-hybridized carbons (Fsp3) is 0.929. The number of rotatable bonds is 22. The van der Waals surface area contributed by atoms with Gasteiger partial charge in [0, 0.05) is 25.5 Å². The molecule has 2 heteroatoms. The smallest absolute Gasteiger partial charge is 0.101 e. The Morgan fingerprint density at radius 2 is 0.767 bits per heavy atom. The second kappa shape index (κ2) is 20.3. The van der Waals surface area contributed by atoms with Gasteiger partial charge in [0.05, 0.1) is 0 Å². The van der Waals surface area contributed by atoms with Crippen LogP contribution in [-0.2, 0) is 0 Å². The Balaban J connectivity index is 2.22. The maximum atomic E-state index is 2.67. The predicted molar refractivity (Wildman–Crippen MR) is 136 cm³/mol. The Morgan fingerprint density at radius 1 is 0.433 bits per heavy atom. The van der Waals surface area contributed by atoms with Gasteiger partial charge in [-0.25, -0.2) is 0 Å². The van der Waals surface area contributed by atoms with Crippen molar-refractivity contribution in [1.29, 1.82) is 0 Å². The average molecular weight is 421 g/mol. The van der Waals surface area contributed by atoms with E-state index in [9.17, 15) is 0 Å². The fourth-order valence-electron chi connectivity index (χ4n) is 4.77. The summed E-state index contributed by atoms with van der Waals surface area (Å²) in [6.45, 7) is 9.44. The maximum Gasteiger partial charge on any atom is 0.101 e. The fourth-order valence-corrected chi connectivity index (χ4v) is 4.77. The highest BCUT2D eigenvalue weighted by molar-refractivity contribution is 4.96. The van der Waals surface area contributed by atoms with Crippen LogP contribution in [0.2, 0.25) is 0 Å². The lowest BCUT2D eigenvalue weighted by atomic mass is 10.1. The van der Waals surface area contributed by atoms with Gasteiger partial charge in [0.2, 0.25) is 0 Å². The Bertz CT molecular complexity index is 379. The third-order valence-corrected chi connectivity index (χ3v) is 6.82. The van der Waals surface area contributed by atoms with E-state index in [4.69, 9.17) is 0 Å². The summed E-state index contributed by atoms with van der Waals surface area (Å²) < 4.78 is 0. The van der Waals surface area contributed by atoms with Gasteiger partial charge in [0.25, 0.3) is 0 Å². The van der Waals surface area contributed by atoms with E-state index in [0.717, 1.165) is 0 Å². The monoisotopic (exact) mass is 420 g/mol. The third kappa shape index (κ3) is 13.6. The number of nitrogens with zero attached hydrogens (tertiary/aromatic N) is 2. The quantitative estimate of drug-likeness (QED) is 0.161. The first-order chi connectivity index (χ1) is 14.8. The van der Waals surface area contributed by atoms with Gasteiger partial charge >= 0.3 is 0 Å². The molecular formula is C28H56N2. The van der Waals surface area contributed by atoms with E-state index in [1.54, 1.807) is 0 Å². The topological polar surface area (TPSA) is 6.48 Å². The normalized spacial score (nSPS) is 16.2. The summed E-state index contributed by atoms with van der Waals surface area (Å²) in [4.78, 5) is 5.32. The van der Waals surface area contributed by atoms with Crippen LogP contribution in [0, 0.1) is 0 Å². The van der Waals surface area contributed by atoms with Crippen LogP contribution >= 0.6 is 0 Å². The molecule has 1 rings (SSSR count). The highest BCUT2D eigenvalue weighted by Gasteiger charge is 2.24. The van der Waals surface area contributed by atoms with Gasteiger partial charge in [-0.15, -0.1) is 0 Å². The lowest BCUT2D eigenvalue weighted by Gasteiger charge is -2.33. The van der Waals surface area contributed by atoms with Crippen LogP contribution in [0.3, 0.4) is 0 Å². The summed E-state index contributed by atoms with van der Waals surface area (Å²) in [6.07, 6.45) is 33.6. The van der Waals surface area contributed by atoms with Crippen molar-refractivity contribution in [2.45, 2.75) is 155 Å². The standard InChI is InChI=1S/C28H56N2/c1-4-7-10-12-14-15-17-19-22-25-30-27-26-29(24-21-9-6-3)28(30)23-20-18-16-13-11-8-5-2/h26-28H,4-25H2,1-3H3. The summed E-state index contributed by atoms with van der Waals surface area (Å²) in [5.74, 6) is 0. The molecule has 0 aliphatic carbocycles. The van der Waals surface area contributed by atoms with Crippen molar-refractivity contribution in [3.63, 3.8) is 0 Å². The molecule has 1 aliphatic heterocycles. The van der Waals surface area contributed by atoms with Crippen molar-refractivity contribution < 1.29 is 0 Å². The van der Waals surface area contributed by atoms with E-state index in [2.05, 4.69) is 43.0 Å². The first kappa shape index (κ1) is 27.4. The van der Waals surface area contributed by atoms with Crippen LogP contribution in [0.25, 0.3) is 0 Å². The van der Waals surface area contributed by atoms with E-state index in [1.165, 1.54) is 142 Å². The van der Waals surface area contributed by atoms with Crippen LogP contribution in [0.15, 0.2) is 12.4 Å². The van der Waals surface area contributed by atoms with Crippen molar-refractivity contribution in [2.75, 3.05) is 13.1 Å². The zero-order valence-electron chi connectivity index (χ0n) is 21.2. The SMILES string of the molecule is CCCCCCCCCCCN1C=CN(CCCCC)C1CCCCCCCCC. The van der Waals surface area contributed by atoms with Gasteiger partial charge in [-0.1, -0.05) is 124 Å². The van der Waals surface area contributed by atoms with Crippen LogP contribution in [0.1, 0.15) is 149 Å². The highest BCUT2D eigenvalue weighted by Crippen LogP contribution is 2.23. The number of hydrogen-bond acceptors (Lipinski definition) is 2. The maximum absolute atomic E-state index is 2.67. The van der Waals surface area contributed by atoms with Crippen molar-refractivity contribution in [3.05, 3.63) is 12.4 Å². The molecule has 0 N–H and O–H groups in total. The molecule has 0 aromatic rings. The zero-order chi connectivity index (χ0) is 21.7. The van der Waals surface area contributed by atoms with E-state index in [0.29, 0.717) is 6.17 Å². The summed E-state index contributed by atoms with van der Waals surface area (Å²) >= 11 is 0. The molecule has 0 bridgehead atoms. The first-order valence-electron chi connectivity index (χ1n) is 14.0. The largest absolute Gasteiger partial charge is 0.356 e. The Morgan fingerprint density at radius 3 is 1.23 bits per heavy atom. The van der Waals surface area contributed by atoms with Crippen molar-refractivity contribution in [3.8, 4) is 0 Å². The molecule has 1 heterocycles. The molecule has 0 saturated carbocycles. The van der Waals surface area contributed by atoms with E-state index >= 15 is 0 Å². The molecule has 1 unspecified atom stereocenters. The predicted octanol–water partition coefficient (Wildman–Crippen LogP) is 9.26. The van der Waals surface area contributed by atoms with Gasteiger partial charge in [0.1, 0.15) is 6.17 Å². The van der Waals surface area contributed by atoms with Gasteiger partial charge in [-0.2, -0.15) is 0 Å². The highest BCUT2D eigenvalue weighted by atomic mass is 15.4. The molecule has 0 saturated heterocycles. The molecule has 30 heavy (non-hydrogen) atoms. The van der Waals surface area contributed by atoms with Crippen molar-refractivity contribution in [1.82, 2.24) is 9.80 Å². The summed E-state index contributed by atoms with van der Waals surface area (Å²) in [6, 6.07) is 0. The summed E-state index contributed by atoms with van der Waals surface area (Å²) in [7, 11) is 0. The minimum absolute atomic E-state index is 0.645. The molecule has 0 radical (unpaired) electrons. The average Bonchev–Trinajstić information content (AvgIpc) is 3.13. The molecule has 0 amide bonds. The zero-order valence-corrected chi connectivity index (χ0v) is 21.2. The molecule has 1 aliphatic rings. The van der Waals surface area contributed by atoms with Gasteiger partial charge < -0.3 is 9.80 Å². The van der Waals surface area contributed by atoms with E-state index in [1.807, 2.05) is 0 Å². The van der Waals surface area contributed by atoms with Crippen LogP contribution in [-0.4, -0.2) is 29.1 Å². The van der Waals surface area contributed by atoms with Crippen molar-refractivity contribution in [2.24, 2.45) is 0 Å². The van der Waals surface area contributed by atoms with Gasteiger partial charge in [-0.3, -0.25) is 0 Å². The minimum Gasteiger partial charge on any atom is -0.356 e. The van der Waals surface area contributed by atoms with Crippen LogP contribution in [0.4, 0.5) is 0 Å². The summed E-state index contributed by atoms with van der Waals surface area (Å²) in [5.41, 5.74) is 0. The van der Waals surface area contributed by atoms with Gasteiger partial charge in [-0.05, 0) is 25.7 Å². The molecular weight excluding hydrogens is 364 g/mol. The molecule has 0 aromatic heterocycles. The third-order valence-electron chi connectivity index (χ3n) is 6.82. The lowest BCUT2D eigenvalue weighted by Crippen LogP contribution is -2.39. The Labute approximate surface area is 190 Å². The first-order valence-corrected chi connectivity index (χ1v) is 14.0. The Kier molecular flexibility index (Phi) is 18.5. The number of unbranched alkanes of at least 4 members (excludes halogenated alkanes) is 16. The van der Waals surface area contributed by atoms with Crippen LogP contribution < -0.4 is 0 Å². The second-order valence-corrected chi connectivity index (χ2v) is 9.70. The summed E-state index contributed by atoms with van der Waals surface area (Å²) in [5, 5.41) is 0. The molecule has 1 atom stereocenters. The second-order valence-electron chi connectivity index (χ2n) is 9.70. The van der Waals surface area contributed by atoms with Gasteiger partial charge in [0.15, 0.2) is 0 Å². The Hall–Kier alpha value is -0.660. The lowest BCUT2D eigenvalue weighted by molar-refractivity contribution is 0.135. The van der Waals surface area contributed by atoms with E-state index in [-0.39, 0.29) is 0 Å². The molecule has 0 aromatic carbocycles. The van der Waals surface area contributed by atoms with Crippen molar-refractivity contribution >= 4 is 0 Å². The van der Waals surface area contributed by atoms with E-state index < -0.39 is 0 Å². The molecule has 2 nitrogen and oxygen atoms in total.